The predicted molar refractivity (Wildman–Crippen MR) is 168 cm³/mol. The van der Waals surface area contributed by atoms with Gasteiger partial charge in [0.2, 0.25) is 0 Å². The number of nitrogens with zero attached hydrogens (tertiary/aromatic N) is 1. The zero-order chi connectivity index (χ0) is 31.8. The van der Waals surface area contributed by atoms with Crippen LogP contribution in [0, 0.1) is 0 Å². The summed E-state index contributed by atoms with van der Waals surface area (Å²) < 4.78 is 43.3. The third-order valence-electron chi connectivity index (χ3n) is 8.86. The van der Waals surface area contributed by atoms with Crippen LogP contribution in [0.2, 0.25) is 18.1 Å². The Morgan fingerprint density at radius 1 is 1.00 bits per heavy atom. The molecule has 3 aliphatic heterocycles. The summed E-state index contributed by atoms with van der Waals surface area (Å²) in [5.74, 6) is 0.765. The molecule has 0 saturated carbocycles. The molecule has 3 aliphatic rings. The van der Waals surface area contributed by atoms with Gasteiger partial charge in [0.05, 0.1) is 50.8 Å². The Labute approximate surface area is 259 Å². The lowest BCUT2D eigenvalue weighted by molar-refractivity contribution is -0.117. The van der Waals surface area contributed by atoms with Gasteiger partial charge in [0.25, 0.3) is 0 Å². The van der Waals surface area contributed by atoms with Crippen LogP contribution >= 0.6 is 0 Å². The summed E-state index contributed by atoms with van der Waals surface area (Å²) in [6.07, 6.45) is 4.05. The molecule has 4 rings (SSSR count). The van der Waals surface area contributed by atoms with Crippen molar-refractivity contribution in [1.29, 1.82) is 0 Å². The van der Waals surface area contributed by atoms with Crippen molar-refractivity contribution in [1.82, 2.24) is 4.90 Å². The highest BCUT2D eigenvalue weighted by molar-refractivity contribution is 6.74. The highest BCUT2D eigenvalue weighted by Crippen LogP contribution is 2.44. The lowest BCUT2D eigenvalue weighted by Crippen LogP contribution is -2.53. The molecule has 5 atom stereocenters. The smallest absolute Gasteiger partial charge is 0.412 e. The maximum Gasteiger partial charge on any atom is 0.412 e. The molecule has 43 heavy (non-hydrogen) atoms. The molecule has 3 heterocycles. The Morgan fingerprint density at radius 2 is 1.67 bits per heavy atom. The van der Waals surface area contributed by atoms with Gasteiger partial charge in [-0.15, -0.1) is 0 Å². The third kappa shape index (κ3) is 8.21. The van der Waals surface area contributed by atoms with Gasteiger partial charge in [-0.25, -0.2) is 4.79 Å². The SMILES string of the molecule is COc1ccc(C2OC[C@@](C[C@H]3COC(C)(C)N3C(=O)OC(C)(C)C)(C[C@@H]3C=C[C@H](O[Si](C)(C)C(C)(C)C)CO3)O2)cc1. The molecular weight excluding hydrogens is 566 g/mol. The van der Waals surface area contributed by atoms with Crippen LogP contribution in [0.3, 0.4) is 0 Å². The Bertz CT molecular complexity index is 1140. The van der Waals surface area contributed by atoms with E-state index in [1.807, 2.05) is 58.9 Å². The molecule has 0 N–H and O–H groups in total. The molecule has 1 unspecified atom stereocenters. The van der Waals surface area contributed by atoms with Crippen molar-refractivity contribution in [2.24, 2.45) is 0 Å². The van der Waals surface area contributed by atoms with Gasteiger partial charge >= 0.3 is 6.09 Å². The minimum Gasteiger partial charge on any atom is -0.497 e. The van der Waals surface area contributed by atoms with Crippen molar-refractivity contribution in [3.8, 4) is 5.75 Å². The minimum absolute atomic E-state index is 0.0763. The molecule has 0 aromatic heterocycles. The third-order valence-corrected chi connectivity index (χ3v) is 13.4. The monoisotopic (exact) mass is 619 g/mol. The second-order valence-electron chi connectivity index (χ2n) is 15.1. The molecule has 0 aliphatic carbocycles. The number of methoxy groups -OCH3 is 1. The molecule has 0 radical (unpaired) electrons. The molecule has 242 valence electrons. The quantitative estimate of drug-likeness (QED) is 0.228. The molecule has 2 saturated heterocycles. The molecule has 10 heteroatoms. The fraction of sp³-hybridized carbons (Fsp3) is 0.727. The van der Waals surface area contributed by atoms with Crippen molar-refractivity contribution in [3.05, 3.63) is 42.0 Å². The Kier molecular flexibility index (Phi) is 9.82. The first-order chi connectivity index (χ1) is 19.8. The van der Waals surface area contributed by atoms with E-state index in [9.17, 15) is 4.79 Å². The average Bonchev–Trinajstić information content (AvgIpc) is 3.43. The van der Waals surface area contributed by atoms with E-state index in [1.165, 1.54) is 0 Å². The standard InChI is InChI=1S/C33H53NO8Si/c1-30(2,3)41-29(35)34-24(20-39-32(34,7)8)18-33(22-38-28(40-33)23-12-14-25(36-9)15-13-23)19-26-16-17-27(21-37-26)42-43(10,11)31(4,5)6/h12-17,24,26-28H,18-22H2,1-11H3/t24-,26-,27-,28?,33+/m0/s1. The zero-order valence-corrected chi connectivity index (χ0v) is 29.0. The number of ether oxygens (including phenoxy) is 6. The number of amides is 1. The molecule has 0 spiro atoms. The van der Waals surface area contributed by atoms with E-state index in [2.05, 4.69) is 46.0 Å². The topological polar surface area (TPSA) is 84.9 Å². The molecule has 1 aromatic carbocycles. The van der Waals surface area contributed by atoms with E-state index < -0.39 is 37.6 Å². The average molecular weight is 620 g/mol. The second kappa shape index (κ2) is 12.4. The lowest BCUT2D eigenvalue weighted by atomic mass is 9.88. The molecule has 1 amide bonds. The Hall–Kier alpha value is -1.95. The van der Waals surface area contributed by atoms with Gasteiger partial charge in [-0.05, 0) is 64.9 Å². The number of carbonyl (C=O) groups excluding carboxylic acids is 1. The van der Waals surface area contributed by atoms with Crippen LogP contribution in [0.1, 0.15) is 80.1 Å². The molecular formula is C33H53NO8Si. The summed E-state index contributed by atoms with van der Waals surface area (Å²) in [6, 6.07) is 7.43. The van der Waals surface area contributed by atoms with Crippen molar-refractivity contribution in [3.63, 3.8) is 0 Å². The molecule has 0 bridgehead atoms. The highest BCUT2D eigenvalue weighted by Gasteiger charge is 2.52. The van der Waals surface area contributed by atoms with Crippen molar-refractivity contribution < 1.29 is 37.6 Å². The summed E-state index contributed by atoms with van der Waals surface area (Å²) >= 11 is 0. The van der Waals surface area contributed by atoms with E-state index in [-0.39, 0.29) is 23.3 Å². The summed E-state index contributed by atoms with van der Waals surface area (Å²) in [5, 5.41) is 0.115. The summed E-state index contributed by atoms with van der Waals surface area (Å²) in [5.41, 5.74) is -1.29. The normalized spacial score (nSPS) is 29.6. The van der Waals surface area contributed by atoms with Crippen LogP contribution in [-0.4, -0.2) is 81.4 Å². The molecule has 2 fully saturated rings. The Morgan fingerprint density at radius 3 is 2.23 bits per heavy atom. The highest BCUT2D eigenvalue weighted by atomic mass is 28.4. The summed E-state index contributed by atoms with van der Waals surface area (Å²) in [4.78, 5) is 15.1. The first-order valence-electron chi connectivity index (χ1n) is 15.4. The fourth-order valence-electron chi connectivity index (χ4n) is 5.59. The summed E-state index contributed by atoms with van der Waals surface area (Å²) in [6.45, 7) is 21.8. The van der Waals surface area contributed by atoms with Gasteiger partial charge < -0.3 is 32.8 Å². The number of hydrogen-bond acceptors (Lipinski definition) is 8. The van der Waals surface area contributed by atoms with Gasteiger partial charge in [-0.2, -0.15) is 0 Å². The summed E-state index contributed by atoms with van der Waals surface area (Å²) in [7, 11) is -0.298. The van der Waals surface area contributed by atoms with E-state index in [4.69, 9.17) is 32.8 Å². The van der Waals surface area contributed by atoms with E-state index in [1.54, 1.807) is 12.0 Å². The Balaban J connectivity index is 1.55. The van der Waals surface area contributed by atoms with Gasteiger partial charge in [0.15, 0.2) is 14.6 Å². The van der Waals surface area contributed by atoms with Crippen molar-refractivity contribution in [2.75, 3.05) is 26.9 Å². The van der Waals surface area contributed by atoms with Gasteiger partial charge in [-0.3, -0.25) is 4.90 Å². The van der Waals surface area contributed by atoms with Gasteiger partial charge in [0, 0.05) is 18.4 Å². The fourth-order valence-corrected chi connectivity index (χ4v) is 6.85. The van der Waals surface area contributed by atoms with Crippen molar-refractivity contribution in [2.45, 2.75) is 128 Å². The van der Waals surface area contributed by atoms with Crippen LogP contribution in [0.4, 0.5) is 4.79 Å². The number of carbonyl (C=O) groups is 1. The second-order valence-corrected chi connectivity index (χ2v) is 19.8. The first-order valence-corrected chi connectivity index (χ1v) is 18.3. The van der Waals surface area contributed by atoms with Crippen LogP contribution in [-0.2, 0) is 28.1 Å². The van der Waals surface area contributed by atoms with Crippen LogP contribution in [0.5, 0.6) is 5.75 Å². The van der Waals surface area contributed by atoms with Crippen LogP contribution in [0.15, 0.2) is 36.4 Å². The largest absolute Gasteiger partial charge is 0.497 e. The molecule has 1 aromatic rings. The number of rotatable bonds is 8. The predicted octanol–water partition coefficient (Wildman–Crippen LogP) is 6.98. The first kappa shape index (κ1) is 33.9. The van der Waals surface area contributed by atoms with E-state index >= 15 is 0 Å². The number of benzene rings is 1. The maximum absolute atomic E-state index is 13.4. The zero-order valence-electron chi connectivity index (χ0n) is 28.0. The number of hydrogen-bond donors (Lipinski definition) is 0. The van der Waals surface area contributed by atoms with Gasteiger partial charge in [0.1, 0.15) is 17.1 Å². The van der Waals surface area contributed by atoms with Crippen LogP contribution in [0.25, 0.3) is 0 Å². The van der Waals surface area contributed by atoms with E-state index in [0.717, 1.165) is 11.3 Å². The van der Waals surface area contributed by atoms with Crippen LogP contribution < -0.4 is 4.74 Å². The van der Waals surface area contributed by atoms with Gasteiger partial charge in [-0.1, -0.05) is 45.1 Å². The maximum atomic E-state index is 13.4. The minimum atomic E-state index is -1.94. The lowest BCUT2D eigenvalue weighted by Gasteiger charge is -2.41. The molecule has 9 nitrogen and oxygen atoms in total. The van der Waals surface area contributed by atoms with E-state index in [0.29, 0.717) is 32.7 Å². The van der Waals surface area contributed by atoms with Crippen molar-refractivity contribution >= 4 is 14.4 Å².